The van der Waals surface area contributed by atoms with Crippen molar-refractivity contribution in [3.05, 3.63) is 24.3 Å². The van der Waals surface area contributed by atoms with Crippen LogP contribution in [0, 0.1) is 0 Å². The van der Waals surface area contributed by atoms with E-state index in [-0.39, 0.29) is 34.9 Å². The highest BCUT2D eigenvalue weighted by atomic mass is 19.4. The molecule has 0 aliphatic heterocycles. The van der Waals surface area contributed by atoms with Gasteiger partial charge in [0.05, 0.1) is 11.4 Å². The third kappa shape index (κ3) is 6.05. The summed E-state index contributed by atoms with van der Waals surface area (Å²) >= 11 is 0. The summed E-state index contributed by atoms with van der Waals surface area (Å²) in [5.41, 5.74) is -4.28. The van der Waals surface area contributed by atoms with Gasteiger partial charge in [-0.05, 0) is 12.1 Å². The van der Waals surface area contributed by atoms with Crippen molar-refractivity contribution in [3.63, 3.8) is 0 Å². The van der Waals surface area contributed by atoms with Gasteiger partial charge in [-0.15, -0.1) is 0 Å². The van der Waals surface area contributed by atoms with Crippen molar-refractivity contribution in [1.29, 1.82) is 0 Å². The highest BCUT2D eigenvalue weighted by Crippen LogP contribution is 2.62. The van der Waals surface area contributed by atoms with Gasteiger partial charge >= 0.3 is 83.4 Å². The van der Waals surface area contributed by atoms with Crippen LogP contribution in [0.4, 0.5) is 126 Å². The monoisotopic (exact) mass is 800 g/mol. The van der Waals surface area contributed by atoms with Crippen LogP contribution in [0.1, 0.15) is 0 Å². The van der Waals surface area contributed by atoms with E-state index in [1.807, 2.05) is 0 Å². The maximum absolute atomic E-state index is 14.1. The molecule has 0 aliphatic carbocycles. The molecular formula is C20H6F26N2O2. The van der Waals surface area contributed by atoms with Crippen molar-refractivity contribution >= 4 is 23.2 Å². The number of hydrogen-bond donors (Lipinski definition) is 2. The van der Waals surface area contributed by atoms with Crippen LogP contribution in [0.15, 0.2) is 24.3 Å². The third-order valence-corrected chi connectivity index (χ3v) is 5.86. The lowest BCUT2D eigenvalue weighted by Gasteiger charge is -2.39. The zero-order valence-corrected chi connectivity index (χ0v) is 22.0. The number of rotatable bonds is 12. The van der Waals surface area contributed by atoms with Crippen LogP contribution < -0.4 is 10.6 Å². The molecule has 0 saturated heterocycles. The van der Waals surface area contributed by atoms with Crippen LogP contribution in [0.2, 0.25) is 0 Å². The van der Waals surface area contributed by atoms with Gasteiger partial charge < -0.3 is 10.6 Å². The fourth-order valence-electron chi connectivity index (χ4n) is 2.93. The molecule has 0 radical (unpaired) electrons. The standard InChI is InChI=1S/C20H6F26N2O2/c21-9(22,11(25,26)13(29,30)15(33,34)17(37,38)19(41,42)43)7(49)47-5-3-1-2-4-6(5)48-8(50)10(23,24)12(27,28)14(31,32)16(35,36)18(39,40)20(44,45)46/h1-4H,(H,47,49)(H,48,50). The number of carbonyl (C=O) groups excluding carboxylic acids is 2. The highest BCUT2D eigenvalue weighted by molar-refractivity contribution is 6.04. The van der Waals surface area contributed by atoms with E-state index in [0.29, 0.717) is 0 Å². The summed E-state index contributed by atoms with van der Waals surface area (Å²) in [6, 6.07) is 0.0636. The van der Waals surface area contributed by atoms with E-state index in [1.54, 1.807) is 0 Å². The molecule has 0 heterocycles. The lowest BCUT2D eigenvalue weighted by atomic mass is 9.93. The first kappa shape index (κ1) is 44.4. The topological polar surface area (TPSA) is 58.2 Å². The second kappa shape index (κ2) is 12.0. The highest BCUT2D eigenvalue weighted by Gasteiger charge is 2.93. The van der Waals surface area contributed by atoms with Crippen molar-refractivity contribution in [1.82, 2.24) is 0 Å². The van der Waals surface area contributed by atoms with Gasteiger partial charge in [0.15, 0.2) is 0 Å². The van der Waals surface area contributed by atoms with Crippen molar-refractivity contribution in [3.8, 4) is 0 Å². The van der Waals surface area contributed by atoms with Crippen molar-refractivity contribution < 1.29 is 124 Å². The molecule has 50 heavy (non-hydrogen) atoms. The van der Waals surface area contributed by atoms with Crippen LogP contribution in [-0.4, -0.2) is 83.4 Å². The molecule has 0 unspecified atom stereocenters. The predicted octanol–water partition coefficient (Wildman–Crippen LogP) is 9.04. The van der Waals surface area contributed by atoms with Gasteiger partial charge in [-0.25, -0.2) is 0 Å². The molecule has 0 aromatic heterocycles. The molecule has 1 rings (SSSR count). The first-order valence-electron chi connectivity index (χ1n) is 11.1. The summed E-state index contributed by atoms with van der Waals surface area (Å²) < 4.78 is 344. The normalized spacial score (nSPS) is 15.6. The molecule has 0 aliphatic rings. The van der Waals surface area contributed by atoms with Crippen molar-refractivity contribution in [2.75, 3.05) is 10.6 Å². The first-order chi connectivity index (χ1) is 21.5. The molecule has 290 valence electrons. The Morgan fingerprint density at radius 1 is 0.340 bits per heavy atom. The zero-order valence-electron chi connectivity index (χ0n) is 22.0. The van der Waals surface area contributed by atoms with Gasteiger partial charge in [0.25, 0.3) is 0 Å². The predicted molar refractivity (Wildman–Crippen MR) is 105 cm³/mol. The van der Waals surface area contributed by atoms with E-state index in [4.69, 9.17) is 0 Å². The molecule has 2 amide bonds. The van der Waals surface area contributed by atoms with Crippen LogP contribution in [-0.2, 0) is 9.59 Å². The Bertz CT molecular complexity index is 1330. The van der Waals surface area contributed by atoms with Crippen molar-refractivity contribution in [2.45, 2.75) is 71.6 Å². The average Bonchev–Trinajstić information content (AvgIpc) is 2.91. The molecule has 0 fully saturated rings. The molecule has 30 heteroatoms. The Hall–Kier alpha value is -3.66. The Kier molecular flexibility index (Phi) is 10.6. The molecule has 0 atom stereocenters. The molecular weight excluding hydrogens is 794 g/mol. The fourth-order valence-corrected chi connectivity index (χ4v) is 2.93. The first-order valence-corrected chi connectivity index (χ1v) is 11.1. The van der Waals surface area contributed by atoms with Gasteiger partial charge in [-0.3, -0.25) is 9.59 Å². The number of alkyl halides is 26. The fraction of sp³-hybridized carbons (Fsp3) is 0.600. The molecule has 2 N–H and O–H groups in total. The van der Waals surface area contributed by atoms with Crippen molar-refractivity contribution in [2.24, 2.45) is 0 Å². The third-order valence-electron chi connectivity index (χ3n) is 5.86. The van der Waals surface area contributed by atoms with E-state index < -0.39 is 94.8 Å². The molecule has 0 spiro atoms. The summed E-state index contributed by atoms with van der Waals surface area (Å²) in [5, 5.41) is 0.279. The lowest BCUT2D eigenvalue weighted by molar-refractivity contribution is -0.436. The average molecular weight is 800 g/mol. The number of benzene rings is 1. The minimum Gasteiger partial charge on any atom is -0.319 e. The molecule has 4 nitrogen and oxygen atoms in total. The second-order valence-electron chi connectivity index (χ2n) is 9.19. The maximum Gasteiger partial charge on any atom is 0.460 e. The summed E-state index contributed by atoms with van der Waals surface area (Å²) in [4.78, 5) is 23.3. The minimum absolute atomic E-state index is 0.140. The van der Waals surface area contributed by atoms with Gasteiger partial charge in [-0.1, -0.05) is 12.1 Å². The Morgan fingerprint density at radius 3 is 0.740 bits per heavy atom. The van der Waals surface area contributed by atoms with E-state index >= 15 is 0 Å². The maximum atomic E-state index is 14.1. The van der Waals surface area contributed by atoms with Crippen LogP contribution in [0.3, 0.4) is 0 Å². The van der Waals surface area contributed by atoms with Crippen LogP contribution in [0.25, 0.3) is 0 Å². The summed E-state index contributed by atoms with van der Waals surface area (Å²) in [6.07, 6.45) is -15.7. The van der Waals surface area contributed by atoms with E-state index in [2.05, 4.69) is 0 Å². The van der Waals surface area contributed by atoms with Crippen LogP contribution >= 0.6 is 0 Å². The molecule has 0 saturated carbocycles. The van der Waals surface area contributed by atoms with E-state index in [9.17, 15) is 124 Å². The quantitative estimate of drug-likeness (QED) is 0.208. The number of carbonyl (C=O) groups is 2. The van der Waals surface area contributed by atoms with Gasteiger partial charge in [0.2, 0.25) is 0 Å². The Labute approximate surface area is 254 Å². The Morgan fingerprint density at radius 2 is 0.540 bits per heavy atom. The van der Waals surface area contributed by atoms with Crippen LogP contribution in [0.5, 0.6) is 0 Å². The van der Waals surface area contributed by atoms with E-state index in [0.717, 1.165) is 0 Å². The molecule has 0 bridgehead atoms. The molecule has 1 aromatic rings. The smallest absolute Gasteiger partial charge is 0.319 e. The minimum atomic E-state index is -8.57. The summed E-state index contributed by atoms with van der Waals surface area (Å²) in [7, 11) is 0. The SMILES string of the molecule is O=C(Nc1ccccc1NC(=O)C(F)(F)C(F)(F)C(F)(F)C(F)(F)C(F)(F)C(F)(F)F)C(F)(F)C(F)(F)C(F)(F)C(F)(F)C(F)(F)C(F)(F)F. The molecule has 1 aromatic carbocycles. The Balaban J connectivity index is 3.59. The number of amides is 2. The summed E-state index contributed by atoms with van der Waals surface area (Å²) in [6.45, 7) is 0. The zero-order chi connectivity index (χ0) is 40.6. The van der Waals surface area contributed by atoms with Gasteiger partial charge in [-0.2, -0.15) is 114 Å². The lowest BCUT2D eigenvalue weighted by Crippen LogP contribution is -2.71. The van der Waals surface area contributed by atoms with E-state index in [1.165, 1.54) is 0 Å². The van der Waals surface area contributed by atoms with Gasteiger partial charge in [0, 0.05) is 0 Å². The number of hydrogen-bond acceptors (Lipinski definition) is 2. The largest absolute Gasteiger partial charge is 0.460 e. The number of nitrogens with one attached hydrogen (secondary N) is 2. The summed E-state index contributed by atoms with van der Waals surface area (Å²) in [5.74, 6) is -91.1. The number of anilines is 2. The van der Waals surface area contributed by atoms with Gasteiger partial charge in [0.1, 0.15) is 0 Å². The second-order valence-corrected chi connectivity index (χ2v) is 9.19. The number of halogens is 26. The number of para-hydroxylation sites is 2.